The first-order valence-corrected chi connectivity index (χ1v) is 12.5. The number of carbonyl (C=O) groups excluding carboxylic acids is 1. The van der Waals surface area contributed by atoms with Gasteiger partial charge in [-0.05, 0) is 30.2 Å². The van der Waals surface area contributed by atoms with Crippen molar-refractivity contribution in [3.63, 3.8) is 0 Å². The summed E-state index contributed by atoms with van der Waals surface area (Å²) in [6, 6.07) is 17.1. The molecule has 0 N–H and O–H groups in total. The molecule has 1 aliphatic heterocycles. The summed E-state index contributed by atoms with van der Waals surface area (Å²) < 4.78 is 25.3. The van der Waals surface area contributed by atoms with Crippen LogP contribution in [-0.4, -0.2) is 53.6 Å². The van der Waals surface area contributed by atoms with Gasteiger partial charge in [0, 0.05) is 41.5 Å². The number of amides is 1. The predicted octanol–water partition coefficient (Wildman–Crippen LogP) is 3.91. The molecule has 0 spiro atoms. The second-order valence-corrected chi connectivity index (χ2v) is 10.6. The molecule has 166 valence electrons. The van der Waals surface area contributed by atoms with E-state index in [0.29, 0.717) is 18.0 Å². The Bertz CT molecular complexity index is 1240. The van der Waals surface area contributed by atoms with Crippen LogP contribution in [0.25, 0.3) is 17.3 Å². The Morgan fingerprint density at radius 2 is 1.91 bits per heavy atom. The van der Waals surface area contributed by atoms with E-state index in [2.05, 4.69) is 0 Å². The van der Waals surface area contributed by atoms with Gasteiger partial charge in [-0.2, -0.15) is 5.10 Å². The molecule has 0 radical (unpaired) electrons. The highest BCUT2D eigenvalue weighted by atomic mass is 35.5. The van der Waals surface area contributed by atoms with Crippen LogP contribution in [0.4, 0.5) is 0 Å². The van der Waals surface area contributed by atoms with Crippen molar-refractivity contribution in [1.82, 2.24) is 14.7 Å². The fraction of sp³-hybridized carbons (Fsp3) is 0.250. The number of carbonyl (C=O) groups is 1. The number of hydrogen-bond donors (Lipinski definition) is 0. The smallest absolute Gasteiger partial charge is 0.246 e. The van der Waals surface area contributed by atoms with Crippen molar-refractivity contribution in [2.45, 2.75) is 19.0 Å². The van der Waals surface area contributed by atoms with Gasteiger partial charge in [-0.1, -0.05) is 54.1 Å². The van der Waals surface area contributed by atoms with Gasteiger partial charge in [0.1, 0.15) is 0 Å². The Morgan fingerprint density at radius 3 is 2.56 bits per heavy atom. The van der Waals surface area contributed by atoms with E-state index in [9.17, 15) is 13.2 Å². The minimum absolute atomic E-state index is 0.0219. The summed E-state index contributed by atoms with van der Waals surface area (Å²) in [5.74, 6) is -0.0787. The van der Waals surface area contributed by atoms with Gasteiger partial charge in [-0.15, -0.1) is 0 Å². The van der Waals surface area contributed by atoms with Crippen LogP contribution < -0.4 is 0 Å². The number of halogens is 1. The van der Waals surface area contributed by atoms with E-state index in [-0.39, 0.29) is 23.5 Å². The number of aromatic nitrogens is 2. The predicted molar refractivity (Wildman–Crippen MR) is 127 cm³/mol. The highest BCUT2D eigenvalue weighted by Crippen LogP contribution is 2.25. The van der Waals surface area contributed by atoms with Crippen LogP contribution in [0.15, 0.2) is 66.9 Å². The van der Waals surface area contributed by atoms with Gasteiger partial charge in [0.05, 0.1) is 23.7 Å². The fourth-order valence-corrected chi connectivity index (χ4v) is 5.68. The van der Waals surface area contributed by atoms with Crippen molar-refractivity contribution in [3.8, 4) is 11.3 Å². The lowest BCUT2D eigenvalue weighted by Crippen LogP contribution is -2.36. The van der Waals surface area contributed by atoms with Gasteiger partial charge in [-0.25, -0.2) is 8.42 Å². The molecule has 32 heavy (non-hydrogen) atoms. The quantitative estimate of drug-likeness (QED) is 0.513. The van der Waals surface area contributed by atoms with Gasteiger partial charge < -0.3 is 4.90 Å². The Kier molecular flexibility index (Phi) is 6.48. The third-order valence-corrected chi connectivity index (χ3v) is 7.61. The molecule has 4 rings (SSSR count). The molecule has 6 nitrogen and oxygen atoms in total. The topological polar surface area (TPSA) is 72.3 Å². The average molecular weight is 470 g/mol. The molecule has 2 heterocycles. The summed E-state index contributed by atoms with van der Waals surface area (Å²) in [6.07, 6.45) is 5.60. The summed E-state index contributed by atoms with van der Waals surface area (Å²) in [6.45, 7) is 0.600. The molecule has 1 fully saturated rings. The molecule has 3 aromatic rings. The van der Waals surface area contributed by atoms with Crippen molar-refractivity contribution < 1.29 is 13.2 Å². The average Bonchev–Trinajstić information content (AvgIpc) is 3.35. The molecular weight excluding hydrogens is 446 g/mol. The van der Waals surface area contributed by atoms with Crippen LogP contribution in [-0.2, 0) is 21.2 Å². The fourth-order valence-electron chi connectivity index (χ4n) is 3.78. The molecule has 2 aromatic carbocycles. The summed E-state index contributed by atoms with van der Waals surface area (Å²) in [5, 5.41) is 5.38. The zero-order chi connectivity index (χ0) is 22.7. The lowest BCUT2D eigenvalue weighted by molar-refractivity contribution is -0.126. The van der Waals surface area contributed by atoms with Crippen molar-refractivity contribution in [3.05, 3.63) is 83.0 Å². The van der Waals surface area contributed by atoms with Crippen molar-refractivity contribution in [2.24, 2.45) is 0 Å². The highest BCUT2D eigenvalue weighted by molar-refractivity contribution is 7.91. The van der Waals surface area contributed by atoms with E-state index < -0.39 is 9.84 Å². The highest BCUT2D eigenvalue weighted by Gasteiger charge is 2.32. The first-order chi connectivity index (χ1) is 15.3. The molecule has 0 aliphatic carbocycles. The van der Waals surface area contributed by atoms with E-state index in [4.69, 9.17) is 16.7 Å². The molecule has 0 saturated carbocycles. The number of likely N-dealkylation sites (N-methyl/N-ethyl adjacent to an activating group) is 1. The van der Waals surface area contributed by atoms with Crippen LogP contribution in [0.3, 0.4) is 0 Å². The molecule has 1 aromatic heterocycles. The maximum Gasteiger partial charge on any atom is 0.246 e. The van der Waals surface area contributed by atoms with Gasteiger partial charge in [0.25, 0.3) is 0 Å². The van der Waals surface area contributed by atoms with E-state index in [0.717, 1.165) is 22.4 Å². The van der Waals surface area contributed by atoms with E-state index in [1.807, 2.05) is 53.3 Å². The van der Waals surface area contributed by atoms with Gasteiger partial charge >= 0.3 is 0 Å². The van der Waals surface area contributed by atoms with Gasteiger partial charge in [0.2, 0.25) is 5.91 Å². The molecule has 1 aliphatic rings. The molecule has 1 saturated heterocycles. The molecule has 0 bridgehead atoms. The second kappa shape index (κ2) is 9.30. The summed E-state index contributed by atoms with van der Waals surface area (Å²) in [7, 11) is -1.41. The molecule has 1 amide bonds. The zero-order valence-corrected chi connectivity index (χ0v) is 19.3. The van der Waals surface area contributed by atoms with Gasteiger partial charge in [-0.3, -0.25) is 9.48 Å². The van der Waals surface area contributed by atoms with Crippen molar-refractivity contribution >= 4 is 33.4 Å². The Morgan fingerprint density at radius 1 is 1.19 bits per heavy atom. The summed E-state index contributed by atoms with van der Waals surface area (Å²) in [5.41, 5.74) is 3.55. The number of hydrogen-bond acceptors (Lipinski definition) is 4. The zero-order valence-electron chi connectivity index (χ0n) is 17.7. The molecule has 1 atom stereocenters. The lowest BCUT2D eigenvalue weighted by atomic mass is 10.1. The van der Waals surface area contributed by atoms with Crippen LogP contribution in [0.2, 0.25) is 5.02 Å². The van der Waals surface area contributed by atoms with Gasteiger partial charge in [0.15, 0.2) is 9.84 Å². The second-order valence-electron chi connectivity index (χ2n) is 7.96. The van der Waals surface area contributed by atoms with E-state index in [1.165, 1.54) is 11.0 Å². The van der Waals surface area contributed by atoms with E-state index in [1.54, 1.807) is 25.3 Å². The van der Waals surface area contributed by atoms with Crippen molar-refractivity contribution in [2.75, 3.05) is 18.6 Å². The minimum Gasteiger partial charge on any atom is -0.338 e. The Hall–Kier alpha value is -2.90. The normalized spacial score (nSPS) is 17.6. The standard InChI is InChI=1S/C24H24ClN3O3S/c1-27(22-13-14-32(30,31)17-22)23(29)12-9-20-16-28(15-18-5-3-2-4-6-18)26-24(20)19-7-10-21(25)11-8-19/h2-12,16,22H,13-15,17H2,1H3. The number of nitrogens with zero attached hydrogens (tertiary/aromatic N) is 3. The third-order valence-electron chi connectivity index (χ3n) is 5.60. The Labute approximate surface area is 193 Å². The number of benzene rings is 2. The van der Waals surface area contributed by atoms with Crippen LogP contribution >= 0.6 is 11.6 Å². The van der Waals surface area contributed by atoms with Crippen LogP contribution in [0, 0.1) is 0 Å². The first-order valence-electron chi connectivity index (χ1n) is 10.3. The first kappa shape index (κ1) is 22.3. The maximum absolute atomic E-state index is 12.7. The molecule has 1 unspecified atom stereocenters. The minimum atomic E-state index is -3.06. The largest absolute Gasteiger partial charge is 0.338 e. The van der Waals surface area contributed by atoms with Crippen LogP contribution in [0.1, 0.15) is 17.5 Å². The summed E-state index contributed by atoms with van der Waals surface area (Å²) >= 11 is 6.04. The number of sulfone groups is 1. The van der Waals surface area contributed by atoms with Crippen molar-refractivity contribution in [1.29, 1.82) is 0 Å². The maximum atomic E-state index is 12.7. The molecule has 8 heteroatoms. The van der Waals surface area contributed by atoms with E-state index >= 15 is 0 Å². The number of rotatable bonds is 6. The Balaban J connectivity index is 1.59. The monoisotopic (exact) mass is 469 g/mol. The SMILES string of the molecule is CN(C(=O)C=Cc1cn(Cc2ccccc2)nc1-c1ccc(Cl)cc1)C1CCS(=O)(=O)C1. The lowest BCUT2D eigenvalue weighted by Gasteiger charge is -2.21. The summed E-state index contributed by atoms with van der Waals surface area (Å²) in [4.78, 5) is 14.2. The third kappa shape index (κ3) is 5.29. The molecular formula is C24H24ClN3O3S. The van der Waals surface area contributed by atoms with Crippen LogP contribution in [0.5, 0.6) is 0 Å².